The Hall–Kier alpha value is -1.76. The maximum Gasteiger partial charge on any atom is 0.251 e. The molecular formula is C12H12BrFN4O. The highest BCUT2D eigenvalue weighted by Gasteiger charge is 2.08. The highest BCUT2D eigenvalue weighted by atomic mass is 79.9. The predicted octanol–water partition coefficient (Wildman–Crippen LogP) is 1.69. The van der Waals surface area contributed by atoms with Gasteiger partial charge in [0.05, 0.1) is 4.47 Å². The first-order valence-electron chi connectivity index (χ1n) is 5.64. The standard InChI is InChI=1S/C12H12BrFN4O/c1-18-7-16-11(17-18)4-5-15-12(19)8-2-3-10(14)9(13)6-8/h2-3,6-7H,4-5H2,1H3,(H,15,19). The summed E-state index contributed by atoms with van der Waals surface area (Å²) in [6.07, 6.45) is 2.16. The number of amides is 1. The quantitative estimate of drug-likeness (QED) is 0.930. The molecule has 0 aliphatic heterocycles. The van der Waals surface area contributed by atoms with Crippen LogP contribution in [0.15, 0.2) is 29.0 Å². The molecule has 5 nitrogen and oxygen atoms in total. The summed E-state index contributed by atoms with van der Waals surface area (Å²) in [6, 6.07) is 4.14. The molecule has 0 spiro atoms. The Morgan fingerprint density at radius 1 is 1.53 bits per heavy atom. The van der Waals surface area contributed by atoms with Gasteiger partial charge in [-0.05, 0) is 34.1 Å². The number of nitrogens with zero attached hydrogens (tertiary/aromatic N) is 3. The average molecular weight is 327 g/mol. The van der Waals surface area contributed by atoms with E-state index in [1.165, 1.54) is 18.2 Å². The van der Waals surface area contributed by atoms with Crippen molar-refractivity contribution >= 4 is 21.8 Å². The number of carbonyl (C=O) groups excluding carboxylic acids is 1. The molecule has 1 aromatic carbocycles. The van der Waals surface area contributed by atoms with Gasteiger partial charge in [-0.1, -0.05) is 0 Å². The first kappa shape index (κ1) is 13.7. The third-order valence-corrected chi connectivity index (χ3v) is 3.07. The normalized spacial score (nSPS) is 10.5. The van der Waals surface area contributed by atoms with Crippen LogP contribution in [0.25, 0.3) is 0 Å². The van der Waals surface area contributed by atoms with E-state index in [0.29, 0.717) is 24.4 Å². The van der Waals surface area contributed by atoms with Gasteiger partial charge in [0.2, 0.25) is 0 Å². The maximum atomic E-state index is 13.0. The number of hydrogen-bond acceptors (Lipinski definition) is 3. The van der Waals surface area contributed by atoms with Crippen molar-refractivity contribution in [2.24, 2.45) is 7.05 Å². The molecule has 100 valence electrons. The van der Waals surface area contributed by atoms with Gasteiger partial charge in [0.15, 0.2) is 5.82 Å². The molecule has 0 fully saturated rings. The van der Waals surface area contributed by atoms with E-state index in [1.807, 2.05) is 0 Å². The van der Waals surface area contributed by atoms with E-state index in [-0.39, 0.29) is 10.4 Å². The Kier molecular flexibility index (Phi) is 4.26. The van der Waals surface area contributed by atoms with Crippen molar-refractivity contribution in [3.63, 3.8) is 0 Å². The van der Waals surface area contributed by atoms with Crippen molar-refractivity contribution in [2.75, 3.05) is 6.54 Å². The van der Waals surface area contributed by atoms with Gasteiger partial charge < -0.3 is 5.32 Å². The van der Waals surface area contributed by atoms with E-state index < -0.39 is 5.82 Å². The van der Waals surface area contributed by atoms with E-state index in [9.17, 15) is 9.18 Å². The number of aryl methyl sites for hydroxylation is 1. The molecule has 0 aliphatic carbocycles. The summed E-state index contributed by atoms with van der Waals surface area (Å²) in [7, 11) is 1.78. The smallest absolute Gasteiger partial charge is 0.251 e. The second-order valence-electron chi connectivity index (χ2n) is 3.97. The molecule has 1 heterocycles. The third-order valence-electron chi connectivity index (χ3n) is 2.46. The molecule has 0 bridgehead atoms. The maximum absolute atomic E-state index is 13.0. The van der Waals surface area contributed by atoms with E-state index in [1.54, 1.807) is 18.1 Å². The van der Waals surface area contributed by atoms with Gasteiger partial charge in [-0.2, -0.15) is 5.10 Å². The summed E-state index contributed by atoms with van der Waals surface area (Å²) < 4.78 is 14.9. The zero-order valence-electron chi connectivity index (χ0n) is 10.2. The lowest BCUT2D eigenvalue weighted by molar-refractivity contribution is 0.0954. The molecule has 2 aromatic rings. The van der Waals surface area contributed by atoms with Crippen LogP contribution in [0.5, 0.6) is 0 Å². The Labute approximate surface area is 118 Å². The molecule has 0 atom stereocenters. The fourth-order valence-electron chi connectivity index (χ4n) is 1.53. The van der Waals surface area contributed by atoms with Crippen molar-refractivity contribution in [3.8, 4) is 0 Å². The highest BCUT2D eigenvalue weighted by molar-refractivity contribution is 9.10. The molecule has 0 radical (unpaired) electrons. The number of hydrogen-bond donors (Lipinski definition) is 1. The SMILES string of the molecule is Cn1cnc(CCNC(=O)c2ccc(F)c(Br)c2)n1. The van der Waals surface area contributed by atoms with Crippen LogP contribution in [0.2, 0.25) is 0 Å². The second kappa shape index (κ2) is 5.92. The highest BCUT2D eigenvalue weighted by Crippen LogP contribution is 2.16. The number of halogens is 2. The largest absolute Gasteiger partial charge is 0.352 e. The van der Waals surface area contributed by atoms with Crippen LogP contribution in [-0.4, -0.2) is 27.2 Å². The number of aromatic nitrogens is 3. The molecular weight excluding hydrogens is 315 g/mol. The number of rotatable bonds is 4. The molecule has 1 aromatic heterocycles. The number of nitrogens with one attached hydrogen (secondary N) is 1. The first-order chi connectivity index (χ1) is 9.06. The number of carbonyl (C=O) groups is 1. The molecule has 1 amide bonds. The topological polar surface area (TPSA) is 59.8 Å². The van der Waals surface area contributed by atoms with E-state index >= 15 is 0 Å². The summed E-state index contributed by atoms with van der Waals surface area (Å²) in [6.45, 7) is 0.428. The zero-order chi connectivity index (χ0) is 13.8. The van der Waals surface area contributed by atoms with Crippen molar-refractivity contribution < 1.29 is 9.18 Å². The summed E-state index contributed by atoms with van der Waals surface area (Å²) >= 11 is 3.04. The summed E-state index contributed by atoms with van der Waals surface area (Å²) in [5.41, 5.74) is 0.405. The average Bonchev–Trinajstić information content (AvgIpc) is 2.78. The first-order valence-corrected chi connectivity index (χ1v) is 6.43. The minimum absolute atomic E-state index is 0.253. The van der Waals surface area contributed by atoms with E-state index in [4.69, 9.17) is 0 Å². The third kappa shape index (κ3) is 3.60. The lowest BCUT2D eigenvalue weighted by Gasteiger charge is -2.04. The van der Waals surface area contributed by atoms with Gasteiger partial charge in [-0.25, -0.2) is 9.37 Å². The van der Waals surface area contributed by atoms with Crippen LogP contribution < -0.4 is 5.32 Å². The van der Waals surface area contributed by atoms with Crippen molar-refractivity contribution in [3.05, 3.63) is 46.2 Å². The molecule has 2 rings (SSSR count). The summed E-state index contributed by atoms with van der Waals surface area (Å²) in [5.74, 6) is 0.0222. The predicted molar refractivity (Wildman–Crippen MR) is 71.1 cm³/mol. The van der Waals surface area contributed by atoms with Crippen molar-refractivity contribution in [1.82, 2.24) is 20.1 Å². The fourth-order valence-corrected chi connectivity index (χ4v) is 1.90. The fraction of sp³-hybridized carbons (Fsp3) is 0.250. The van der Waals surface area contributed by atoms with Crippen LogP contribution in [0.4, 0.5) is 4.39 Å². The van der Waals surface area contributed by atoms with Crippen LogP contribution in [-0.2, 0) is 13.5 Å². The molecule has 19 heavy (non-hydrogen) atoms. The Balaban J connectivity index is 1.89. The Morgan fingerprint density at radius 2 is 2.32 bits per heavy atom. The molecule has 0 aliphatic rings. The van der Waals surface area contributed by atoms with Gasteiger partial charge in [0.1, 0.15) is 12.1 Å². The van der Waals surface area contributed by atoms with Crippen LogP contribution in [0.3, 0.4) is 0 Å². The lowest BCUT2D eigenvalue weighted by Crippen LogP contribution is -2.26. The van der Waals surface area contributed by atoms with E-state index in [0.717, 1.165) is 0 Å². The van der Waals surface area contributed by atoms with Gasteiger partial charge in [0, 0.05) is 25.6 Å². The molecule has 1 N–H and O–H groups in total. The molecule has 0 saturated carbocycles. The number of benzene rings is 1. The Bertz CT molecular complexity index is 599. The zero-order valence-corrected chi connectivity index (χ0v) is 11.8. The van der Waals surface area contributed by atoms with Crippen LogP contribution in [0, 0.1) is 5.82 Å². The summed E-state index contributed by atoms with van der Waals surface area (Å²) in [4.78, 5) is 15.9. The van der Waals surface area contributed by atoms with Crippen LogP contribution in [0.1, 0.15) is 16.2 Å². The van der Waals surface area contributed by atoms with Gasteiger partial charge in [-0.15, -0.1) is 0 Å². The lowest BCUT2D eigenvalue weighted by atomic mass is 10.2. The minimum Gasteiger partial charge on any atom is -0.352 e. The van der Waals surface area contributed by atoms with E-state index in [2.05, 4.69) is 31.3 Å². The van der Waals surface area contributed by atoms with Crippen molar-refractivity contribution in [1.29, 1.82) is 0 Å². The second-order valence-corrected chi connectivity index (χ2v) is 4.82. The van der Waals surface area contributed by atoms with Crippen LogP contribution >= 0.6 is 15.9 Å². The summed E-state index contributed by atoms with van der Waals surface area (Å²) in [5, 5.41) is 6.84. The van der Waals surface area contributed by atoms with Crippen molar-refractivity contribution in [2.45, 2.75) is 6.42 Å². The molecule has 7 heteroatoms. The molecule has 0 saturated heterocycles. The minimum atomic E-state index is -0.394. The van der Waals surface area contributed by atoms with Gasteiger partial charge >= 0.3 is 0 Å². The van der Waals surface area contributed by atoms with Gasteiger partial charge in [0.25, 0.3) is 5.91 Å². The monoisotopic (exact) mass is 326 g/mol. The Morgan fingerprint density at radius 3 is 2.95 bits per heavy atom. The van der Waals surface area contributed by atoms with Gasteiger partial charge in [-0.3, -0.25) is 9.48 Å². The molecule has 0 unspecified atom stereocenters.